The predicted octanol–water partition coefficient (Wildman–Crippen LogP) is 1.08. The van der Waals surface area contributed by atoms with E-state index in [4.69, 9.17) is 0 Å². The molecule has 2 fully saturated rings. The molecule has 0 aliphatic carbocycles. The third-order valence-electron chi connectivity index (χ3n) is 3.47. The first-order valence-corrected chi connectivity index (χ1v) is 5.17. The molecule has 0 aromatic carbocycles. The standard InChI is InChI=1S/C10H20N2/c1-9(2)12-7-10(8-12)3-5-11-6-4-10/h9,11H,3-8H2,1-2H3. The first-order valence-electron chi connectivity index (χ1n) is 5.17. The summed E-state index contributed by atoms with van der Waals surface area (Å²) in [6, 6.07) is 0.755. The van der Waals surface area contributed by atoms with Crippen molar-refractivity contribution in [2.75, 3.05) is 26.2 Å². The quantitative estimate of drug-likeness (QED) is 0.630. The number of rotatable bonds is 1. The summed E-state index contributed by atoms with van der Waals surface area (Å²) in [7, 11) is 0. The Kier molecular flexibility index (Phi) is 2.13. The predicted molar refractivity (Wildman–Crippen MR) is 51.2 cm³/mol. The monoisotopic (exact) mass is 168 g/mol. The maximum absolute atomic E-state index is 3.43. The molecule has 2 heterocycles. The zero-order chi connectivity index (χ0) is 8.60. The zero-order valence-corrected chi connectivity index (χ0v) is 8.27. The Labute approximate surface area is 75.3 Å². The summed E-state index contributed by atoms with van der Waals surface area (Å²) in [4.78, 5) is 2.59. The largest absolute Gasteiger partial charge is 0.317 e. The average Bonchev–Trinajstić information content (AvgIpc) is 2.01. The number of hydrogen-bond acceptors (Lipinski definition) is 2. The van der Waals surface area contributed by atoms with Crippen molar-refractivity contribution in [2.45, 2.75) is 32.7 Å². The van der Waals surface area contributed by atoms with Crippen LogP contribution in [0.15, 0.2) is 0 Å². The fourth-order valence-corrected chi connectivity index (χ4v) is 2.45. The fraction of sp³-hybridized carbons (Fsp3) is 1.00. The molecule has 2 heteroatoms. The lowest BCUT2D eigenvalue weighted by atomic mass is 9.72. The van der Waals surface area contributed by atoms with Gasteiger partial charge in [-0.1, -0.05) is 0 Å². The van der Waals surface area contributed by atoms with Crippen LogP contribution < -0.4 is 5.32 Å². The van der Waals surface area contributed by atoms with E-state index >= 15 is 0 Å². The molecule has 1 spiro atoms. The summed E-state index contributed by atoms with van der Waals surface area (Å²) in [5, 5.41) is 3.43. The first kappa shape index (κ1) is 8.52. The summed E-state index contributed by atoms with van der Waals surface area (Å²) < 4.78 is 0. The molecule has 0 aromatic rings. The number of piperidine rings is 1. The van der Waals surface area contributed by atoms with Gasteiger partial charge in [-0.05, 0) is 45.2 Å². The second-order valence-corrected chi connectivity index (χ2v) is 4.75. The smallest absolute Gasteiger partial charge is 0.00541 e. The van der Waals surface area contributed by atoms with Gasteiger partial charge < -0.3 is 5.32 Å². The van der Waals surface area contributed by atoms with Crippen molar-refractivity contribution in [3.63, 3.8) is 0 Å². The molecule has 2 saturated heterocycles. The molecule has 2 rings (SSSR count). The number of nitrogens with one attached hydrogen (secondary N) is 1. The van der Waals surface area contributed by atoms with Gasteiger partial charge in [0, 0.05) is 19.1 Å². The molecule has 0 amide bonds. The lowest BCUT2D eigenvalue weighted by Crippen LogP contribution is -2.61. The van der Waals surface area contributed by atoms with Crippen LogP contribution in [0.3, 0.4) is 0 Å². The number of likely N-dealkylation sites (tertiary alicyclic amines) is 1. The molecule has 2 aliphatic heterocycles. The van der Waals surface area contributed by atoms with Crippen molar-refractivity contribution in [1.82, 2.24) is 10.2 Å². The van der Waals surface area contributed by atoms with E-state index in [1.54, 1.807) is 0 Å². The molecule has 0 saturated carbocycles. The van der Waals surface area contributed by atoms with Crippen molar-refractivity contribution < 1.29 is 0 Å². The Morgan fingerprint density at radius 2 is 1.75 bits per heavy atom. The third kappa shape index (κ3) is 1.38. The van der Waals surface area contributed by atoms with Crippen LogP contribution in [-0.4, -0.2) is 37.1 Å². The normalized spacial score (nSPS) is 29.2. The van der Waals surface area contributed by atoms with Gasteiger partial charge in [0.2, 0.25) is 0 Å². The molecular weight excluding hydrogens is 148 g/mol. The minimum absolute atomic E-state index is 0.718. The Balaban J connectivity index is 1.84. The van der Waals surface area contributed by atoms with E-state index in [0.29, 0.717) is 0 Å². The van der Waals surface area contributed by atoms with Gasteiger partial charge in [-0.2, -0.15) is 0 Å². The van der Waals surface area contributed by atoms with Crippen LogP contribution in [0.2, 0.25) is 0 Å². The number of hydrogen-bond donors (Lipinski definition) is 1. The van der Waals surface area contributed by atoms with Crippen molar-refractivity contribution in [3.05, 3.63) is 0 Å². The van der Waals surface area contributed by atoms with E-state index in [0.717, 1.165) is 11.5 Å². The van der Waals surface area contributed by atoms with E-state index in [1.165, 1.54) is 39.0 Å². The van der Waals surface area contributed by atoms with Gasteiger partial charge >= 0.3 is 0 Å². The summed E-state index contributed by atoms with van der Waals surface area (Å²) >= 11 is 0. The van der Waals surface area contributed by atoms with Crippen molar-refractivity contribution in [1.29, 1.82) is 0 Å². The van der Waals surface area contributed by atoms with E-state index in [2.05, 4.69) is 24.1 Å². The van der Waals surface area contributed by atoms with Gasteiger partial charge in [0.1, 0.15) is 0 Å². The molecule has 0 atom stereocenters. The highest BCUT2D eigenvalue weighted by molar-refractivity contribution is 4.98. The van der Waals surface area contributed by atoms with Crippen LogP contribution in [0.5, 0.6) is 0 Å². The topological polar surface area (TPSA) is 15.3 Å². The van der Waals surface area contributed by atoms with Crippen LogP contribution >= 0.6 is 0 Å². The summed E-state index contributed by atoms with van der Waals surface area (Å²) in [6.45, 7) is 9.79. The van der Waals surface area contributed by atoms with Gasteiger partial charge in [-0.25, -0.2) is 0 Å². The van der Waals surface area contributed by atoms with Crippen molar-refractivity contribution in [3.8, 4) is 0 Å². The molecule has 0 unspecified atom stereocenters. The minimum Gasteiger partial charge on any atom is -0.317 e. The fourth-order valence-electron chi connectivity index (χ4n) is 2.45. The molecule has 0 bridgehead atoms. The van der Waals surface area contributed by atoms with Gasteiger partial charge in [0.15, 0.2) is 0 Å². The molecule has 0 aromatic heterocycles. The zero-order valence-electron chi connectivity index (χ0n) is 8.27. The highest BCUT2D eigenvalue weighted by Crippen LogP contribution is 2.39. The summed E-state index contributed by atoms with van der Waals surface area (Å²) in [5.41, 5.74) is 0.718. The molecule has 70 valence electrons. The maximum atomic E-state index is 3.43. The Hall–Kier alpha value is -0.0800. The van der Waals surface area contributed by atoms with Crippen molar-refractivity contribution in [2.24, 2.45) is 5.41 Å². The average molecular weight is 168 g/mol. The van der Waals surface area contributed by atoms with Crippen LogP contribution in [0, 0.1) is 5.41 Å². The number of nitrogens with zero attached hydrogens (tertiary/aromatic N) is 1. The molecule has 2 aliphatic rings. The Morgan fingerprint density at radius 3 is 2.25 bits per heavy atom. The van der Waals surface area contributed by atoms with Crippen LogP contribution in [0.25, 0.3) is 0 Å². The van der Waals surface area contributed by atoms with E-state index in [9.17, 15) is 0 Å². The first-order chi connectivity index (χ1) is 5.72. The van der Waals surface area contributed by atoms with E-state index < -0.39 is 0 Å². The summed E-state index contributed by atoms with van der Waals surface area (Å²) in [6.07, 6.45) is 2.80. The second kappa shape index (κ2) is 3.00. The lowest BCUT2D eigenvalue weighted by Gasteiger charge is -2.54. The van der Waals surface area contributed by atoms with Gasteiger partial charge in [-0.15, -0.1) is 0 Å². The van der Waals surface area contributed by atoms with E-state index in [-0.39, 0.29) is 0 Å². The second-order valence-electron chi connectivity index (χ2n) is 4.75. The van der Waals surface area contributed by atoms with Gasteiger partial charge in [-0.3, -0.25) is 4.90 Å². The van der Waals surface area contributed by atoms with Crippen LogP contribution in [0.1, 0.15) is 26.7 Å². The van der Waals surface area contributed by atoms with Gasteiger partial charge in [0.25, 0.3) is 0 Å². The minimum atomic E-state index is 0.718. The molecule has 0 radical (unpaired) electrons. The van der Waals surface area contributed by atoms with Crippen LogP contribution in [0.4, 0.5) is 0 Å². The van der Waals surface area contributed by atoms with Crippen LogP contribution in [-0.2, 0) is 0 Å². The lowest BCUT2D eigenvalue weighted by molar-refractivity contribution is -0.0418. The maximum Gasteiger partial charge on any atom is 0.00541 e. The molecular formula is C10H20N2. The third-order valence-corrected chi connectivity index (χ3v) is 3.47. The molecule has 1 N–H and O–H groups in total. The highest BCUT2D eigenvalue weighted by atomic mass is 15.2. The molecule has 12 heavy (non-hydrogen) atoms. The van der Waals surface area contributed by atoms with Crippen molar-refractivity contribution >= 4 is 0 Å². The van der Waals surface area contributed by atoms with E-state index in [1.807, 2.05) is 0 Å². The Morgan fingerprint density at radius 1 is 1.17 bits per heavy atom. The SMILES string of the molecule is CC(C)N1CC2(CCNCC2)C1. The highest BCUT2D eigenvalue weighted by Gasteiger charge is 2.43. The molecule has 2 nitrogen and oxygen atoms in total. The van der Waals surface area contributed by atoms with Gasteiger partial charge in [0.05, 0.1) is 0 Å². The summed E-state index contributed by atoms with van der Waals surface area (Å²) in [5.74, 6) is 0. The Bertz CT molecular complexity index is 151.